The summed E-state index contributed by atoms with van der Waals surface area (Å²) >= 11 is 0. The molecule has 0 aliphatic rings. The summed E-state index contributed by atoms with van der Waals surface area (Å²) in [6.07, 6.45) is 0.350. The molecule has 0 bridgehead atoms. The predicted molar refractivity (Wildman–Crippen MR) is 80.9 cm³/mol. The highest BCUT2D eigenvalue weighted by molar-refractivity contribution is 5.73. The van der Waals surface area contributed by atoms with Crippen molar-refractivity contribution in [3.63, 3.8) is 0 Å². The van der Waals surface area contributed by atoms with E-state index in [0.717, 1.165) is 5.76 Å². The summed E-state index contributed by atoms with van der Waals surface area (Å²) in [5.74, 6) is -0.351. The minimum absolute atomic E-state index is 0.146. The van der Waals surface area contributed by atoms with E-state index in [1.165, 1.54) is 12.1 Å². The predicted octanol–water partition coefficient (Wildman–Crippen LogP) is 2.37. The number of aliphatic hydroxyl groups excluding tert-OH is 1. The number of furan rings is 1. The van der Waals surface area contributed by atoms with Gasteiger partial charge in [-0.05, 0) is 37.1 Å². The summed E-state index contributed by atoms with van der Waals surface area (Å²) in [4.78, 5) is 11.4. The number of aliphatic hydroxyl groups is 1. The first-order valence-electron chi connectivity index (χ1n) is 7.21. The molecule has 23 heavy (non-hydrogen) atoms. The molecule has 120 valence electrons. The molecule has 2 N–H and O–H groups in total. The first-order chi connectivity index (χ1) is 11.1. The van der Waals surface area contributed by atoms with Gasteiger partial charge in [0.2, 0.25) is 6.10 Å². The smallest absolute Gasteiger partial charge is 0.347 e. The van der Waals surface area contributed by atoms with Gasteiger partial charge in [0, 0.05) is 6.42 Å². The molecule has 2 rings (SSSR count). The van der Waals surface area contributed by atoms with Gasteiger partial charge in [-0.1, -0.05) is 12.1 Å². The maximum absolute atomic E-state index is 11.4. The van der Waals surface area contributed by atoms with E-state index in [2.05, 4.69) is 0 Å². The van der Waals surface area contributed by atoms with E-state index in [0.29, 0.717) is 12.8 Å². The molecule has 0 spiro atoms. The van der Waals surface area contributed by atoms with Crippen LogP contribution < -0.4 is 4.74 Å². The van der Waals surface area contributed by atoms with Crippen molar-refractivity contribution in [3.8, 4) is 11.8 Å². The number of carbonyl (C=O) groups is 1. The van der Waals surface area contributed by atoms with Crippen LogP contribution in [-0.4, -0.2) is 28.4 Å². The van der Waals surface area contributed by atoms with Crippen LogP contribution in [0.3, 0.4) is 0 Å². The number of benzene rings is 1. The Kier molecular flexibility index (Phi) is 5.78. The fourth-order valence-corrected chi connectivity index (χ4v) is 2.18. The molecule has 0 saturated heterocycles. The van der Waals surface area contributed by atoms with Gasteiger partial charge >= 0.3 is 5.97 Å². The van der Waals surface area contributed by atoms with Crippen LogP contribution in [0.4, 0.5) is 0 Å². The van der Waals surface area contributed by atoms with Crippen molar-refractivity contribution in [2.75, 3.05) is 0 Å². The van der Waals surface area contributed by atoms with Crippen LogP contribution in [0.2, 0.25) is 0 Å². The van der Waals surface area contributed by atoms with Crippen molar-refractivity contribution in [2.45, 2.75) is 31.5 Å². The average Bonchev–Trinajstić information content (AvgIpc) is 3.05. The molecule has 6 heteroatoms. The molecule has 1 unspecified atom stereocenters. The molecule has 1 aromatic carbocycles. The molecule has 0 saturated carbocycles. The van der Waals surface area contributed by atoms with Gasteiger partial charge in [-0.15, -0.1) is 0 Å². The average molecular weight is 315 g/mol. The molecular weight excluding hydrogens is 298 g/mol. The number of aryl methyl sites for hydroxylation is 1. The first-order valence-corrected chi connectivity index (χ1v) is 7.21. The molecule has 0 radical (unpaired) electrons. The Bertz CT molecular complexity index is 675. The SMILES string of the molecule is N#Cc1ccccc1O[C@@H](C(=O)O)C(O)CCCc1ccco1. The van der Waals surface area contributed by atoms with Gasteiger partial charge in [-0.25, -0.2) is 4.79 Å². The van der Waals surface area contributed by atoms with Crippen LogP contribution in [-0.2, 0) is 11.2 Å². The lowest BCUT2D eigenvalue weighted by atomic mass is 10.1. The number of carboxylic acid groups (broad SMARTS) is 1. The summed E-state index contributed by atoms with van der Waals surface area (Å²) < 4.78 is 10.5. The van der Waals surface area contributed by atoms with Gasteiger partial charge in [0.25, 0.3) is 0 Å². The van der Waals surface area contributed by atoms with Gasteiger partial charge in [-0.3, -0.25) is 0 Å². The Hall–Kier alpha value is -2.78. The molecule has 0 aliphatic heterocycles. The van der Waals surface area contributed by atoms with E-state index in [1.54, 1.807) is 24.5 Å². The molecule has 6 nitrogen and oxygen atoms in total. The van der Waals surface area contributed by atoms with E-state index in [-0.39, 0.29) is 17.7 Å². The van der Waals surface area contributed by atoms with Gasteiger partial charge in [0.05, 0.1) is 11.8 Å². The summed E-state index contributed by atoms with van der Waals surface area (Å²) in [6, 6.07) is 11.8. The Morgan fingerprint density at radius 2 is 2.09 bits per heavy atom. The van der Waals surface area contributed by atoms with Crippen LogP contribution in [0.25, 0.3) is 0 Å². The largest absolute Gasteiger partial charge is 0.478 e. The lowest BCUT2D eigenvalue weighted by Crippen LogP contribution is -2.39. The van der Waals surface area contributed by atoms with Gasteiger partial charge in [-0.2, -0.15) is 5.26 Å². The normalized spacial score (nSPS) is 13.0. The highest BCUT2D eigenvalue weighted by Gasteiger charge is 2.29. The van der Waals surface area contributed by atoms with E-state index < -0.39 is 18.2 Å². The van der Waals surface area contributed by atoms with E-state index >= 15 is 0 Å². The Morgan fingerprint density at radius 3 is 2.74 bits per heavy atom. The molecule has 0 aliphatic carbocycles. The van der Waals surface area contributed by atoms with Crippen LogP contribution in [0.15, 0.2) is 47.1 Å². The topological polar surface area (TPSA) is 104 Å². The fraction of sp³-hybridized carbons (Fsp3) is 0.294. The summed E-state index contributed by atoms with van der Waals surface area (Å²) in [6.45, 7) is 0. The number of ether oxygens (including phenoxy) is 1. The van der Waals surface area contributed by atoms with E-state index in [4.69, 9.17) is 14.4 Å². The molecule has 2 atom stereocenters. The second kappa shape index (κ2) is 8.01. The Labute approximate surface area is 133 Å². The third-order valence-electron chi connectivity index (χ3n) is 3.36. The van der Waals surface area contributed by atoms with Crippen LogP contribution >= 0.6 is 0 Å². The molecule has 2 aromatic rings. The summed E-state index contributed by atoms with van der Waals surface area (Å²) in [7, 11) is 0. The zero-order valence-electron chi connectivity index (χ0n) is 12.4. The fourth-order valence-electron chi connectivity index (χ4n) is 2.18. The number of hydrogen-bond acceptors (Lipinski definition) is 5. The highest BCUT2D eigenvalue weighted by Crippen LogP contribution is 2.20. The number of nitrogens with zero attached hydrogens (tertiary/aromatic N) is 1. The lowest BCUT2D eigenvalue weighted by Gasteiger charge is -2.21. The summed E-state index contributed by atoms with van der Waals surface area (Å²) in [5.41, 5.74) is 0.224. The van der Waals surface area contributed by atoms with Crippen LogP contribution in [0.5, 0.6) is 5.75 Å². The highest BCUT2D eigenvalue weighted by atomic mass is 16.5. The lowest BCUT2D eigenvalue weighted by molar-refractivity contribution is -0.150. The van der Waals surface area contributed by atoms with Gasteiger partial charge < -0.3 is 19.4 Å². The monoisotopic (exact) mass is 315 g/mol. The third-order valence-corrected chi connectivity index (χ3v) is 3.36. The minimum atomic E-state index is -1.43. The molecule has 1 heterocycles. The first kappa shape index (κ1) is 16.6. The number of rotatable bonds is 8. The maximum atomic E-state index is 11.4. The number of para-hydroxylation sites is 1. The molecule has 1 aromatic heterocycles. The number of hydrogen-bond donors (Lipinski definition) is 2. The standard InChI is InChI=1S/C17H17NO5/c18-11-12-5-1-2-9-15(12)23-16(17(20)21)14(19)8-3-6-13-7-4-10-22-13/h1-2,4-5,7,9-10,14,16,19H,3,6,8H2,(H,20,21)/t14?,16-/m1/s1. The zero-order valence-corrected chi connectivity index (χ0v) is 12.4. The van der Waals surface area contributed by atoms with Crippen molar-refractivity contribution in [2.24, 2.45) is 0 Å². The Morgan fingerprint density at radius 1 is 1.30 bits per heavy atom. The van der Waals surface area contributed by atoms with Crippen LogP contribution in [0, 0.1) is 11.3 Å². The molecular formula is C17H17NO5. The van der Waals surface area contributed by atoms with Crippen molar-refractivity contribution in [1.82, 2.24) is 0 Å². The van der Waals surface area contributed by atoms with Crippen molar-refractivity contribution in [3.05, 3.63) is 54.0 Å². The quantitative estimate of drug-likeness (QED) is 0.775. The van der Waals surface area contributed by atoms with Gasteiger partial charge in [0.15, 0.2) is 0 Å². The number of carboxylic acids is 1. The van der Waals surface area contributed by atoms with E-state index in [9.17, 15) is 15.0 Å². The minimum Gasteiger partial charge on any atom is -0.478 e. The maximum Gasteiger partial charge on any atom is 0.347 e. The second-order valence-corrected chi connectivity index (χ2v) is 5.02. The third kappa shape index (κ3) is 4.59. The zero-order chi connectivity index (χ0) is 16.7. The van der Waals surface area contributed by atoms with Crippen molar-refractivity contribution < 1.29 is 24.2 Å². The molecule has 0 amide bonds. The Balaban J connectivity index is 1.97. The van der Waals surface area contributed by atoms with Crippen LogP contribution in [0.1, 0.15) is 24.2 Å². The molecule has 0 fully saturated rings. The number of aliphatic carboxylic acids is 1. The summed E-state index contributed by atoms with van der Waals surface area (Å²) in [5, 5.41) is 28.4. The van der Waals surface area contributed by atoms with Gasteiger partial charge in [0.1, 0.15) is 23.7 Å². The van der Waals surface area contributed by atoms with Crippen molar-refractivity contribution >= 4 is 5.97 Å². The second-order valence-electron chi connectivity index (χ2n) is 5.02. The van der Waals surface area contributed by atoms with E-state index in [1.807, 2.05) is 12.1 Å². The van der Waals surface area contributed by atoms with Crippen molar-refractivity contribution in [1.29, 1.82) is 5.26 Å². The number of nitriles is 1.